The van der Waals surface area contributed by atoms with Crippen molar-refractivity contribution in [2.45, 2.75) is 55.9 Å². The normalized spacial score (nSPS) is 21.1. The number of carbonyl (C=O) groups is 1. The van der Waals surface area contributed by atoms with Crippen LogP contribution in [0.1, 0.15) is 31.6 Å². The number of aromatic nitrogens is 6. The number of thioether (sulfide) groups is 1. The number of cyclic esters (lactones) is 1. The van der Waals surface area contributed by atoms with Gasteiger partial charge in [0.1, 0.15) is 35.7 Å². The van der Waals surface area contributed by atoms with E-state index in [1.807, 2.05) is 0 Å². The van der Waals surface area contributed by atoms with Crippen LogP contribution in [0.15, 0.2) is 47.9 Å². The lowest BCUT2D eigenvalue weighted by atomic mass is 9.90. The Kier molecular flexibility index (Phi) is 13.0. The maximum absolute atomic E-state index is 13.6. The number of anilines is 3. The molecule has 1 aromatic carbocycles. The zero-order chi connectivity index (χ0) is 40.1. The second kappa shape index (κ2) is 17.1. The van der Waals surface area contributed by atoms with Gasteiger partial charge in [0.15, 0.2) is 11.5 Å². The highest BCUT2D eigenvalue weighted by Crippen LogP contribution is 2.48. The van der Waals surface area contributed by atoms with E-state index in [2.05, 4.69) is 41.8 Å². The highest BCUT2D eigenvalue weighted by Gasteiger charge is 2.62. The highest BCUT2D eigenvalue weighted by atomic mass is 35.5. The zero-order valence-corrected chi connectivity index (χ0v) is 31.1. The number of nitrogen functional groups attached to an aromatic ring is 2. The number of nitrogens with two attached hydrogens (primary N) is 2. The first kappa shape index (κ1) is 41.7. The van der Waals surface area contributed by atoms with E-state index in [1.54, 1.807) is 23.8 Å². The van der Waals surface area contributed by atoms with Gasteiger partial charge in [-0.15, -0.1) is 11.8 Å². The van der Waals surface area contributed by atoms with Gasteiger partial charge >= 0.3 is 25.6 Å². The summed E-state index contributed by atoms with van der Waals surface area (Å²) in [5.74, 6) is 5.70. The van der Waals surface area contributed by atoms with E-state index in [9.17, 15) is 27.3 Å². The minimum Gasteiger partial charge on any atom is -0.415 e. The number of hydrogen-bond acceptors (Lipinski definition) is 14. The Balaban J connectivity index is 0.000000160. The molecule has 4 aromatic rings. The molecule has 5 heterocycles. The van der Waals surface area contributed by atoms with Crippen LogP contribution < -0.4 is 22.5 Å². The standard InChI is InChI=1S/C14H9ClF3NO2.C9H14N5O4P.C8H11N3O3S/c15-9-3-4-11-10(7-9)13(14(16,17)18,21-12(20)19-11)6-5-8-1-2-8;1-6(18-5-19(15,16)17)2-14-4-13-7-8(10)11-3-12-9(7)14;9-5-1-2-11(8(13)10-5)6-4-15-7(3-12)14-6/h3-4,7-8H,1-2H2,(H,19,20);3-4,6H,2,5H2,1H3,(H2,10,11,12)(H2,15,16,17);1-2,6-7,12H,3-4H2,(H2,9,10,13)/t13-;6-;6-,7+/m011/s1. The minimum atomic E-state index is -4.87. The first-order valence-corrected chi connectivity index (χ1v) is 19.3. The molecule has 3 aliphatic rings. The SMILES string of the molecule is C[C@H](Cn1cnc2c(N)ncnc21)OCP(=O)(O)O.Nc1ccn([C@H]2CS[C@@H](CO)O2)c(=O)n1.O=C1Nc2ccc(Cl)cc2[C@@](C#CC2CC2)(C(F)(F)F)O1. The predicted molar refractivity (Wildman–Crippen MR) is 193 cm³/mol. The van der Waals surface area contributed by atoms with Crippen molar-refractivity contribution in [1.82, 2.24) is 29.1 Å². The maximum Gasteiger partial charge on any atom is 0.445 e. The monoisotopic (exact) mass is 831 g/mol. The van der Waals surface area contributed by atoms with E-state index < -0.39 is 43.6 Å². The number of alkyl halides is 3. The van der Waals surface area contributed by atoms with Crippen molar-refractivity contribution in [3.63, 3.8) is 0 Å². The molecule has 2 aliphatic heterocycles. The smallest absolute Gasteiger partial charge is 0.415 e. The lowest BCUT2D eigenvalue weighted by molar-refractivity contribution is -0.239. The summed E-state index contributed by atoms with van der Waals surface area (Å²) in [4.78, 5) is 56.0. The third-order valence-electron chi connectivity index (χ3n) is 7.73. The van der Waals surface area contributed by atoms with E-state index in [4.69, 9.17) is 47.4 Å². The molecular formula is C31H34ClF3N9O9PS. The van der Waals surface area contributed by atoms with Crippen LogP contribution in [0.2, 0.25) is 5.02 Å². The third kappa shape index (κ3) is 10.6. The molecule has 1 saturated carbocycles. The van der Waals surface area contributed by atoms with Crippen molar-refractivity contribution in [3.05, 3.63) is 64.2 Å². The van der Waals surface area contributed by atoms with Gasteiger partial charge in [0.25, 0.3) is 5.60 Å². The topological polar surface area (TPSA) is 265 Å². The summed E-state index contributed by atoms with van der Waals surface area (Å²) < 4.78 is 69.7. The average Bonchev–Trinajstić information content (AvgIpc) is 3.66. The second-order valence-corrected chi connectivity index (χ2v) is 15.3. The molecule has 1 saturated heterocycles. The van der Waals surface area contributed by atoms with Crippen molar-refractivity contribution in [1.29, 1.82) is 0 Å². The van der Waals surface area contributed by atoms with Crippen LogP contribution in [0.25, 0.3) is 11.2 Å². The van der Waals surface area contributed by atoms with E-state index in [0.29, 0.717) is 23.5 Å². The Morgan fingerprint density at radius 2 is 1.96 bits per heavy atom. The largest absolute Gasteiger partial charge is 0.445 e. The number of carbonyl (C=O) groups excluding carboxylic acids is 1. The third-order valence-corrected chi connectivity index (χ3v) is 9.56. The molecule has 1 amide bonds. The van der Waals surface area contributed by atoms with Gasteiger partial charge in [-0.05, 0) is 50.0 Å². The van der Waals surface area contributed by atoms with Crippen LogP contribution in [0.5, 0.6) is 0 Å². The highest BCUT2D eigenvalue weighted by molar-refractivity contribution is 8.00. The summed E-state index contributed by atoms with van der Waals surface area (Å²) >= 11 is 7.25. The Morgan fingerprint density at radius 3 is 2.60 bits per heavy atom. The van der Waals surface area contributed by atoms with Gasteiger partial charge in [0.05, 0.1) is 31.3 Å². The molecule has 18 nitrogen and oxygen atoms in total. The number of halogens is 4. The van der Waals surface area contributed by atoms with E-state index in [0.717, 1.165) is 18.9 Å². The molecule has 0 bridgehead atoms. The number of aliphatic hydroxyl groups is 1. The number of nitrogens with zero attached hydrogens (tertiary/aromatic N) is 6. The average molecular weight is 832 g/mol. The lowest BCUT2D eigenvalue weighted by Gasteiger charge is -2.35. The molecule has 0 radical (unpaired) electrons. The Morgan fingerprint density at radius 1 is 1.22 bits per heavy atom. The van der Waals surface area contributed by atoms with Gasteiger partial charge in [-0.2, -0.15) is 18.2 Å². The van der Waals surface area contributed by atoms with Crippen molar-refractivity contribution in [2.24, 2.45) is 5.92 Å². The molecular weight excluding hydrogens is 798 g/mol. The maximum atomic E-state index is 13.6. The molecule has 3 aromatic heterocycles. The van der Waals surface area contributed by atoms with E-state index in [1.165, 1.54) is 41.1 Å². The minimum absolute atomic E-state index is 0.00179. The van der Waals surface area contributed by atoms with Crippen molar-refractivity contribution in [3.8, 4) is 11.8 Å². The Hall–Kier alpha value is -4.46. The number of hydrogen-bond donors (Lipinski definition) is 6. The Bertz CT molecular complexity index is 2190. The number of aliphatic hydroxyl groups excluding tert-OH is 1. The van der Waals surface area contributed by atoms with Crippen LogP contribution in [0.4, 0.5) is 35.3 Å². The number of nitrogens with one attached hydrogen (secondary N) is 1. The van der Waals surface area contributed by atoms with Gasteiger partial charge in [-0.3, -0.25) is 14.4 Å². The molecule has 0 unspecified atom stereocenters. The molecule has 8 N–H and O–H groups in total. The van der Waals surface area contributed by atoms with E-state index in [-0.39, 0.29) is 52.1 Å². The van der Waals surface area contributed by atoms with Gasteiger partial charge in [-0.25, -0.2) is 24.5 Å². The summed E-state index contributed by atoms with van der Waals surface area (Å²) in [6.07, 6.45) is -1.50. The fraction of sp³-hybridized carbons (Fsp3) is 0.419. The van der Waals surface area contributed by atoms with Crippen LogP contribution in [0, 0.1) is 17.8 Å². The molecule has 0 spiro atoms. The second-order valence-electron chi connectivity index (χ2n) is 12.1. The fourth-order valence-corrected chi connectivity index (χ4v) is 6.52. The summed E-state index contributed by atoms with van der Waals surface area (Å²) in [5.41, 5.74) is 8.10. The summed E-state index contributed by atoms with van der Waals surface area (Å²) in [6, 6.07) is 5.35. The predicted octanol–water partition coefficient (Wildman–Crippen LogP) is 3.43. The number of amides is 1. The number of fused-ring (bicyclic) bond motifs is 2. The van der Waals surface area contributed by atoms with Gasteiger partial charge < -0.3 is 45.1 Å². The number of benzene rings is 1. The molecule has 2 fully saturated rings. The molecule has 24 heteroatoms. The zero-order valence-electron chi connectivity index (χ0n) is 28.6. The molecule has 1 aliphatic carbocycles. The molecule has 55 heavy (non-hydrogen) atoms. The number of ether oxygens (including phenoxy) is 3. The Labute approximate surface area is 318 Å². The number of rotatable bonds is 7. The molecule has 4 atom stereocenters. The fourth-order valence-electron chi connectivity index (χ4n) is 4.97. The summed E-state index contributed by atoms with van der Waals surface area (Å²) in [7, 11) is -4.16. The van der Waals surface area contributed by atoms with Crippen molar-refractivity contribution >= 4 is 65.5 Å². The van der Waals surface area contributed by atoms with Crippen LogP contribution in [-0.2, 0) is 30.9 Å². The van der Waals surface area contributed by atoms with E-state index >= 15 is 0 Å². The lowest BCUT2D eigenvalue weighted by Crippen LogP contribution is -2.49. The first-order valence-electron chi connectivity index (χ1n) is 16.1. The van der Waals surface area contributed by atoms with Crippen molar-refractivity contribution < 1.29 is 51.6 Å². The molecule has 7 rings (SSSR count). The van der Waals surface area contributed by atoms with Crippen LogP contribution in [0.3, 0.4) is 0 Å². The summed E-state index contributed by atoms with van der Waals surface area (Å²) in [5, 5.41) is 11.2. The van der Waals surface area contributed by atoms with Crippen LogP contribution >= 0.6 is 31.0 Å². The van der Waals surface area contributed by atoms with Gasteiger partial charge in [-0.1, -0.05) is 17.5 Å². The van der Waals surface area contributed by atoms with Gasteiger partial charge in [0, 0.05) is 28.5 Å². The number of imidazole rings is 1. The summed E-state index contributed by atoms with van der Waals surface area (Å²) in [6.45, 7) is 2.00. The quantitative estimate of drug-likeness (QED) is 0.115. The van der Waals surface area contributed by atoms with Crippen molar-refractivity contribution in [2.75, 3.05) is 35.5 Å². The van der Waals surface area contributed by atoms with Gasteiger partial charge in [0.2, 0.25) is 0 Å². The molecule has 296 valence electrons. The van der Waals surface area contributed by atoms with Crippen LogP contribution in [-0.4, -0.2) is 86.5 Å². The first-order chi connectivity index (χ1) is 25.9.